The molecule has 0 aromatic heterocycles. The zero-order chi connectivity index (χ0) is 12.6. The highest BCUT2D eigenvalue weighted by molar-refractivity contribution is 7.93. The summed E-state index contributed by atoms with van der Waals surface area (Å²) in [6.45, 7) is 0. The summed E-state index contributed by atoms with van der Waals surface area (Å²) in [5.74, 6) is -1.61. The number of benzene rings is 1. The Bertz CT molecular complexity index is 592. The minimum atomic E-state index is -3.93. The van der Waals surface area contributed by atoms with Gasteiger partial charge in [0.25, 0.3) is 5.91 Å². The number of esters is 1. The summed E-state index contributed by atoms with van der Waals surface area (Å²) in [7, 11) is -2.87. The summed E-state index contributed by atoms with van der Waals surface area (Å²) in [5.41, 5.74) is 0.0349. The fourth-order valence-electron chi connectivity index (χ4n) is 1.60. The molecule has 1 amide bonds. The standard InChI is InChI=1S/C10H9NO5S/c1-16-10(13)9-11-8(12)6-4-2-3-5-7(6)17(9,14)15/h2-5,9H,1H3,(H,11,12). The van der Waals surface area contributed by atoms with Crippen LogP contribution >= 0.6 is 0 Å². The van der Waals surface area contributed by atoms with Gasteiger partial charge in [-0.3, -0.25) is 4.79 Å². The van der Waals surface area contributed by atoms with Crippen LogP contribution in [0, 0.1) is 0 Å². The molecule has 1 unspecified atom stereocenters. The Balaban J connectivity index is 2.63. The lowest BCUT2D eigenvalue weighted by atomic mass is 10.2. The third kappa shape index (κ3) is 1.68. The zero-order valence-corrected chi connectivity index (χ0v) is 9.65. The minimum absolute atomic E-state index is 0.0349. The first-order chi connectivity index (χ1) is 7.98. The molecule has 1 aromatic carbocycles. The molecule has 1 atom stereocenters. The van der Waals surface area contributed by atoms with Crippen molar-refractivity contribution in [3.05, 3.63) is 29.8 Å². The predicted molar refractivity (Wildman–Crippen MR) is 56.9 cm³/mol. The lowest BCUT2D eigenvalue weighted by molar-refractivity contribution is -0.140. The number of carbonyl (C=O) groups excluding carboxylic acids is 2. The van der Waals surface area contributed by atoms with Crippen LogP contribution in [0.3, 0.4) is 0 Å². The molecule has 0 radical (unpaired) electrons. The summed E-state index contributed by atoms with van der Waals surface area (Å²) >= 11 is 0. The Morgan fingerprint density at radius 2 is 2.00 bits per heavy atom. The van der Waals surface area contributed by atoms with Crippen LogP contribution < -0.4 is 5.32 Å². The molecule has 1 heterocycles. The van der Waals surface area contributed by atoms with E-state index in [1.165, 1.54) is 18.2 Å². The van der Waals surface area contributed by atoms with Crippen LogP contribution in [0.1, 0.15) is 10.4 Å². The largest absolute Gasteiger partial charge is 0.467 e. The van der Waals surface area contributed by atoms with E-state index in [1.54, 1.807) is 6.07 Å². The quantitative estimate of drug-likeness (QED) is 0.696. The highest BCUT2D eigenvalue weighted by Crippen LogP contribution is 2.24. The number of nitrogens with one attached hydrogen (secondary N) is 1. The third-order valence-corrected chi connectivity index (χ3v) is 4.33. The first-order valence-electron chi connectivity index (χ1n) is 4.70. The van der Waals surface area contributed by atoms with Crippen LogP contribution in [0.5, 0.6) is 0 Å². The molecular weight excluding hydrogens is 246 g/mol. The maximum absolute atomic E-state index is 12.0. The number of sulfone groups is 1. The third-order valence-electron chi connectivity index (χ3n) is 2.43. The first kappa shape index (κ1) is 11.6. The summed E-state index contributed by atoms with van der Waals surface area (Å²) in [5, 5.41) is 0.441. The summed E-state index contributed by atoms with van der Waals surface area (Å²) in [6, 6.07) is 5.71. The van der Waals surface area contributed by atoms with Gasteiger partial charge in [-0.25, -0.2) is 13.2 Å². The lowest BCUT2D eigenvalue weighted by Gasteiger charge is -2.23. The van der Waals surface area contributed by atoms with Crippen LogP contribution in [0.15, 0.2) is 29.2 Å². The molecule has 1 aliphatic rings. The van der Waals surface area contributed by atoms with Crippen molar-refractivity contribution in [3.63, 3.8) is 0 Å². The Morgan fingerprint density at radius 1 is 1.35 bits per heavy atom. The molecule has 2 rings (SSSR count). The van der Waals surface area contributed by atoms with Crippen molar-refractivity contribution in [1.29, 1.82) is 0 Å². The van der Waals surface area contributed by atoms with E-state index in [0.717, 1.165) is 7.11 Å². The van der Waals surface area contributed by atoms with Gasteiger partial charge >= 0.3 is 5.97 Å². The van der Waals surface area contributed by atoms with E-state index in [-0.39, 0.29) is 10.5 Å². The Labute approximate surface area is 97.5 Å². The van der Waals surface area contributed by atoms with Crippen molar-refractivity contribution in [2.45, 2.75) is 10.3 Å². The second kappa shape index (κ2) is 3.85. The topological polar surface area (TPSA) is 89.5 Å². The van der Waals surface area contributed by atoms with Crippen molar-refractivity contribution in [2.75, 3.05) is 7.11 Å². The second-order valence-electron chi connectivity index (χ2n) is 3.42. The number of methoxy groups -OCH3 is 1. The van der Waals surface area contributed by atoms with Gasteiger partial charge in [-0.05, 0) is 12.1 Å². The summed E-state index contributed by atoms with van der Waals surface area (Å²) < 4.78 is 28.4. The lowest BCUT2D eigenvalue weighted by Crippen LogP contribution is -2.50. The van der Waals surface area contributed by atoms with Gasteiger partial charge in [-0.2, -0.15) is 0 Å². The molecule has 1 aliphatic heterocycles. The van der Waals surface area contributed by atoms with Crippen molar-refractivity contribution < 1.29 is 22.7 Å². The fourth-order valence-corrected chi connectivity index (χ4v) is 3.20. The maximum Gasteiger partial charge on any atom is 0.344 e. The van der Waals surface area contributed by atoms with Crippen molar-refractivity contribution >= 4 is 21.7 Å². The molecule has 90 valence electrons. The van der Waals surface area contributed by atoms with Crippen LogP contribution in [0.4, 0.5) is 0 Å². The fraction of sp³-hybridized carbons (Fsp3) is 0.200. The van der Waals surface area contributed by atoms with E-state index in [9.17, 15) is 18.0 Å². The SMILES string of the molecule is COC(=O)C1NC(=O)c2ccccc2S1(=O)=O. The number of hydrogen-bond donors (Lipinski definition) is 1. The molecule has 0 fully saturated rings. The van der Waals surface area contributed by atoms with E-state index in [0.29, 0.717) is 0 Å². The van der Waals surface area contributed by atoms with E-state index >= 15 is 0 Å². The molecule has 1 N–H and O–H groups in total. The van der Waals surface area contributed by atoms with Crippen molar-refractivity contribution in [1.82, 2.24) is 5.32 Å². The highest BCUT2D eigenvalue weighted by Gasteiger charge is 2.42. The van der Waals surface area contributed by atoms with Crippen molar-refractivity contribution in [2.24, 2.45) is 0 Å². The molecule has 0 aliphatic carbocycles. The smallest absolute Gasteiger partial charge is 0.344 e. The predicted octanol–water partition coefficient (Wildman–Crippen LogP) is -0.297. The monoisotopic (exact) mass is 255 g/mol. The minimum Gasteiger partial charge on any atom is -0.467 e. The Hall–Kier alpha value is -1.89. The van der Waals surface area contributed by atoms with Gasteiger partial charge in [0.2, 0.25) is 15.2 Å². The molecule has 0 saturated carbocycles. The van der Waals surface area contributed by atoms with Gasteiger partial charge in [0, 0.05) is 0 Å². The molecular formula is C10H9NO5S. The normalized spacial score (nSPS) is 21.2. The van der Waals surface area contributed by atoms with Crippen LogP contribution in [-0.4, -0.2) is 32.8 Å². The molecule has 6 nitrogen and oxygen atoms in total. The summed E-state index contributed by atoms with van der Waals surface area (Å²) in [6.07, 6.45) is 0. The van der Waals surface area contributed by atoms with Gasteiger partial charge < -0.3 is 10.1 Å². The molecule has 7 heteroatoms. The molecule has 0 bridgehead atoms. The van der Waals surface area contributed by atoms with Gasteiger partial charge in [0.15, 0.2) is 0 Å². The number of rotatable bonds is 1. The van der Waals surface area contributed by atoms with Gasteiger partial charge in [-0.1, -0.05) is 12.1 Å². The molecule has 0 saturated heterocycles. The van der Waals surface area contributed by atoms with Gasteiger partial charge in [0.1, 0.15) is 0 Å². The molecule has 0 spiro atoms. The van der Waals surface area contributed by atoms with Crippen LogP contribution in [0.25, 0.3) is 0 Å². The number of carbonyl (C=O) groups is 2. The highest BCUT2D eigenvalue weighted by atomic mass is 32.2. The van der Waals surface area contributed by atoms with Gasteiger partial charge in [-0.15, -0.1) is 0 Å². The second-order valence-corrected chi connectivity index (χ2v) is 5.42. The Kier molecular flexibility index (Phi) is 2.62. The van der Waals surface area contributed by atoms with E-state index < -0.39 is 27.1 Å². The van der Waals surface area contributed by atoms with E-state index in [4.69, 9.17) is 0 Å². The first-order valence-corrected chi connectivity index (χ1v) is 6.24. The Morgan fingerprint density at radius 3 is 2.65 bits per heavy atom. The summed E-state index contributed by atoms with van der Waals surface area (Å²) in [4.78, 5) is 22.8. The maximum atomic E-state index is 12.0. The number of fused-ring (bicyclic) bond motifs is 1. The molecule has 1 aromatic rings. The zero-order valence-electron chi connectivity index (χ0n) is 8.84. The average molecular weight is 255 g/mol. The number of amides is 1. The molecule has 17 heavy (non-hydrogen) atoms. The van der Waals surface area contributed by atoms with Crippen LogP contribution in [-0.2, 0) is 19.4 Å². The number of hydrogen-bond acceptors (Lipinski definition) is 5. The van der Waals surface area contributed by atoms with E-state index in [2.05, 4.69) is 10.1 Å². The van der Waals surface area contributed by atoms with Crippen molar-refractivity contribution in [3.8, 4) is 0 Å². The van der Waals surface area contributed by atoms with Gasteiger partial charge in [0.05, 0.1) is 17.6 Å². The number of ether oxygens (including phenoxy) is 1. The van der Waals surface area contributed by atoms with E-state index in [1.807, 2.05) is 0 Å². The average Bonchev–Trinajstić information content (AvgIpc) is 2.33. The van der Waals surface area contributed by atoms with Crippen LogP contribution in [0.2, 0.25) is 0 Å².